The van der Waals surface area contributed by atoms with Gasteiger partial charge in [0.1, 0.15) is 11.4 Å². The fourth-order valence-corrected chi connectivity index (χ4v) is 4.09. The quantitative estimate of drug-likeness (QED) is 0.322. The second-order valence-electron chi connectivity index (χ2n) is 7.65. The van der Waals surface area contributed by atoms with E-state index in [1.54, 1.807) is 30.3 Å². The lowest BCUT2D eigenvalue weighted by Gasteiger charge is -2.27. The second-order valence-corrected chi connectivity index (χ2v) is 7.65. The van der Waals surface area contributed by atoms with Gasteiger partial charge in [0, 0.05) is 12.0 Å². The standard InChI is InChI=1S/C25H17F5O3/c1-33-15-9-7-14(8-10-15)25(32)12-17(31)18(16(25)11-13-5-3-2-4-6-13)19-20(26)22(28)24(30)23(29)21(19)27/h2-10,32H,11-12H2,1H3. The summed E-state index contributed by atoms with van der Waals surface area (Å²) in [6.07, 6.45) is -0.791. The maximum atomic E-state index is 14.7. The third kappa shape index (κ3) is 3.70. The van der Waals surface area contributed by atoms with Gasteiger partial charge < -0.3 is 9.84 Å². The van der Waals surface area contributed by atoms with Crippen LogP contribution in [0.15, 0.2) is 60.2 Å². The number of benzene rings is 3. The third-order valence-electron chi connectivity index (χ3n) is 5.75. The van der Waals surface area contributed by atoms with Gasteiger partial charge in [0.25, 0.3) is 0 Å². The molecule has 0 fully saturated rings. The Morgan fingerprint density at radius 2 is 1.39 bits per heavy atom. The van der Waals surface area contributed by atoms with Crippen LogP contribution < -0.4 is 4.74 Å². The number of aliphatic hydroxyl groups is 1. The van der Waals surface area contributed by atoms with Gasteiger partial charge in [0.2, 0.25) is 5.82 Å². The highest BCUT2D eigenvalue weighted by molar-refractivity contribution is 6.25. The van der Waals surface area contributed by atoms with Gasteiger partial charge in [-0.1, -0.05) is 42.5 Å². The first-order chi connectivity index (χ1) is 15.7. The zero-order chi connectivity index (χ0) is 23.9. The number of rotatable bonds is 5. The van der Waals surface area contributed by atoms with Gasteiger partial charge in [0.15, 0.2) is 29.1 Å². The van der Waals surface area contributed by atoms with Gasteiger partial charge in [-0.3, -0.25) is 4.79 Å². The monoisotopic (exact) mass is 460 g/mol. The van der Waals surface area contributed by atoms with E-state index < -0.39 is 58.0 Å². The Hall–Kier alpha value is -3.52. The van der Waals surface area contributed by atoms with Crippen molar-refractivity contribution in [3.05, 3.63) is 106 Å². The molecule has 1 unspecified atom stereocenters. The van der Waals surface area contributed by atoms with E-state index in [1.807, 2.05) is 0 Å². The molecule has 33 heavy (non-hydrogen) atoms. The second kappa shape index (κ2) is 8.44. The van der Waals surface area contributed by atoms with Crippen molar-refractivity contribution < 1.29 is 36.6 Å². The molecule has 170 valence electrons. The molecule has 0 saturated heterocycles. The van der Waals surface area contributed by atoms with E-state index in [4.69, 9.17) is 4.74 Å². The molecule has 0 heterocycles. The third-order valence-corrected chi connectivity index (χ3v) is 5.75. The molecule has 0 radical (unpaired) electrons. The number of methoxy groups -OCH3 is 1. The number of halogens is 5. The molecule has 8 heteroatoms. The summed E-state index contributed by atoms with van der Waals surface area (Å²) in [5.74, 6) is -11.4. The lowest BCUT2D eigenvalue weighted by Crippen LogP contribution is -2.27. The lowest BCUT2D eigenvalue weighted by atomic mass is 9.83. The predicted octanol–water partition coefficient (Wildman–Crippen LogP) is 5.25. The molecule has 0 aliphatic heterocycles. The number of ether oxygens (including phenoxy) is 1. The zero-order valence-corrected chi connectivity index (χ0v) is 17.3. The van der Waals surface area contributed by atoms with Crippen LogP contribution in [0.5, 0.6) is 5.75 Å². The maximum absolute atomic E-state index is 14.7. The Morgan fingerprint density at radius 1 is 0.848 bits per heavy atom. The normalized spacial score (nSPS) is 18.2. The van der Waals surface area contributed by atoms with E-state index in [0.29, 0.717) is 11.3 Å². The van der Waals surface area contributed by atoms with Crippen LogP contribution >= 0.6 is 0 Å². The minimum atomic E-state index is -2.32. The molecular weight excluding hydrogens is 443 g/mol. The maximum Gasteiger partial charge on any atom is 0.200 e. The van der Waals surface area contributed by atoms with Crippen LogP contribution in [0.25, 0.3) is 5.57 Å². The van der Waals surface area contributed by atoms with Crippen LogP contribution in [0.3, 0.4) is 0 Å². The SMILES string of the molecule is COc1ccc(C2(O)CC(=O)C(c3c(F)c(F)c(F)c(F)c3F)=C2Cc2ccccc2)cc1. The minimum absolute atomic E-state index is 0.160. The van der Waals surface area contributed by atoms with Gasteiger partial charge >= 0.3 is 0 Å². The molecule has 0 saturated carbocycles. The summed E-state index contributed by atoms with van der Waals surface area (Å²) in [6.45, 7) is 0. The lowest BCUT2D eigenvalue weighted by molar-refractivity contribution is -0.116. The molecule has 0 aromatic heterocycles. The first-order valence-corrected chi connectivity index (χ1v) is 9.88. The molecule has 1 N–H and O–H groups in total. The van der Waals surface area contributed by atoms with E-state index in [1.165, 1.54) is 31.4 Å². The first kappa shape index (κ1) is 22.7. The number of hydrogen-bond donors (Lipinski definition) is 1. The minimum Gasteiger partial charge on any atom is -0.497 e. The number of carbonyl (C=O) groups is 1. The number of allylic oxidation sites excluding steroid dienone is 1. The predicted molar refractivity (Wildman–Crippen MR) is 110 cm³/mol. The van der Waals surface area contributed by atoms with Crippen LogP contribution in [0.1, 0.15) is 23.1 Å². The van der Waals surface area contributed by atoms with Crippen LogP contribution in [-0.2, 0) is 16.8 Å². The Kier molecular flexibility index (Phi) is 5.80. The van der Waals surface area contributed by atoms with Gasteiger partial charge in [-0.15, -0.1) is 0 Å². The van der Waals surface area contributed by atoms with E-state index in [-0.39, 0.29) is 17.6 Å². The van der Waals surface area contributed by atoms with E-state index in [0.717, 1.165) is 0 Å². The van der Waals surface area contributed by atoms with Crippen molar-refractivity contribution in [2.45, 2.75) is 18.4 Å². The molecule has 0 amide bonds. The topological polar surface area (TPSA) is 46.5 Å². The molecule has 1 aliphatic carbocycles. The molecular formula is C25H17F5O3. The summed E-state index contributed by atoms with van der Waals surface area (Å²) >= 11 is 0. The number of ketones is 1. The highest BCUT2D eigenvalue weighted by Gasteiger charge is 2.47. The molecule has 3 aromatic carbocycles. The zero-order valence-electron chi connectivity index (χ0n) is 17.3. The molecule has 3 aromatic rings. The van der Waals surface area contributed by atoms with E-state index in [2.05, 4.69) is 0 Å². The number of carbonyl (C=O) groups excluding carboxylic acids is 1. The molecule has 4 rings (SSSR count). The average molecular weight is 460 g/mol. The fourth-order valence-electron chi connectivity index (χ4n) is 4.09. The summed E-state index contributed by atoms with van der Waals surface area (Å²) in [6, 6.07) is 14.4. The first-order valence-electron chi connectivity index (χ1n) is 9.88. The van der Waals surface area contributed by atoms with E-state index >= 15 is 0 Å². The van der Waals surface area contributed by atoms with Crippen molar-refractivity contribution in [3.8, 4) is 5.75 Å². The summed E-state index contributed by atoms with van der Waals surface area (Å²) in [5, 5.41) is 11.6. The molecule has 0 spiro atoms. The highest BCUT2D eigenvalue weighted by atomic mass is 19.2. The molecule has 3 nitrogen and oxygen atoms in total. The Bertz CT molecular complexity index is 1240. The Morgan fingerprint density at radius 3 is 1.94 bits per heavy atom. The van der Waals surface area contributed by atoms with Crippen LogP contribution in [0.4, 0.5) is 22.0 Å². The van der Waals surface area contributed by atoms with Gasteiger partial charge in [-0.2, -0.15) is 0 Å². The Balaban J connectivity index is 2.01. The number of hydrogen-bond acceptors (Lipinski definition) is 3. The summed E-state index contributed by atoms with van der Waals surface area (Å²) in [7, 11) is 1.44. The molecule has 0 bridgehead atoms. The summed E-state index contributed by atoms with van der Waals surface area (Å²) < 4.78 is 76.0. The van der Waals surface area contributed by atoms with Gasteiger partial charge in [-0.05, 0) is 35.3 Å². The smallest absolute Gasteiger partial charge is 0.200 e. The molecule has 1 aliphatic rings. The Labute approximate surface area is 185 Å². The largest absolute Gasteiger partial charge is 0.497 e. The van der Waals surface area contributed by atoms with Crippen molar-refractivity contribution >= 4 is 11.4 Å². The van der Waals surface area contributed by atoms with E-state index in [9.17, 15) is 31.9 Å². The van der Waals surface area contributed by atoms with Crippen molar-refractivity contribution in [2.24, 2.45) is 0 Å². The number of Topliss-reactive ketones (excluding diaryl/α,β-unsaturated/α-hetero) is 1. The molecule has 1 atom stereocenters. The van der Waals surface area contributed by atoms with Crippen LogP contribution in [-0.4, -0.2) is 18.0 Å². The van der Waals surface area contributed by atoms with Gasteiger partial charge in [-0.25, -0.2) is 22.0 Å². The van der Waals surface area contributed by atoms with Crippen molar-refractivity contribution in [1.82, 2.24) is 0 Å². The van der Waals surface area contributed by atoms with Crippen molar-refractivity contribution in [2.75, 3.05) is 7.11 Å². The summed E-state index contributed by atoms with van der Waals surface area (Å²) in [5.41, 5.74) is -3.48. The van der Waals surface area contributed by atoms with Gasteiger partial charge in [0.05, 0.1) is 12.7 Å². The average Bonchev–Trinajstić information content (AvgIpc) is 3.07. The van der Waals surface area contributed by atoms with Crippen LogP contribution in [0.2, 0.25) is 0 Å². The summed E-state index contributed by atoms with van der Waals surface area (Å²) in [4.78, 5) is 13.0. The van der Waals surface area contributed by atoms with Crippen molar-refractivity contribution in [1.29, 1.82) is 0 Å². The van der Waals surface area contributed by atoms with Crippen LogP contribution in [0, 0.1) is 29.1 Å². The van der Waals surface area contributed by atoms with Crippen molar-refractivity contribution in [3.63, 3.8) is 0 Å². The highest BCUT2D eigenvalue weighted by Crippen LogP contribution is 2.48. The fraction of sp³-hybridized carbons (Fsp3) is 0.160.